The molecule has 216 valence electrons. The molecule has 3 aliphatic rings. The number of aromatic nitrogens is 2. The lowest BCUT2D eigenvalue weighted by Gasteiger charge is -2.33. The molecule has 3 aromatic rings. The molecule has 0 unspecified atom stereocenters. The Kier molecular flexibility index (Phi) is 7.21. The van der Waals surface area contributed by atoms with Crippen LogP contribution in [0.2, 0.25) is 0 Å². The first-order valence-corrected chi connectivity index (χ1v) is 14.0. The van der Waals surface area contributed by atoms with Gasteiger partial charge in [-0.05, 0) is 55.9 Å². The number of urea groups is 1. The highest BCUT2D eigenvalue weighted by Gasteiger charge is 2.40. The molecule has 1 aromatic heterocycles. The minimum Gasteiger partial charge on any atom is -0.338 e. The lowest BCUT2D eigenvalue weighted by Crippen LogP contribution is -2.42. The van der Waals surface area contributed by atoms with Gasteiger partial charge in [-0.2, -0.15) is 18.3 Å². The fourth-order valence-corrected chi connectivity index (χ4v) is 6.14. The molecule has 2 aliphatic heterocycles. The number of nitrogens with one attached hydrogen (secondary N) is 1. The summed E-state index contributed by atoms with van der Waals surface area (Å²) in [6.45, 7) is 1.55. The number of halogens is 4. The Bertz CT molecular complexity index is 1440. The molecule has 1 N–H and O–H groups in total. The van der Waals surface area contributed by atoms with Crippen LogP contribution < -0.4 is 5.32 Å². The van der Waals surface area contributed by atoms with E-state index in [0.29, 0.717) is 44.5 Å². The van der Waals surface area contributed by atoms with Crippen LogP contribution >= 0.6 is 0 Å². The van der Waals surface area contributed by atoms with Gasteiger partial charge < -0.3 is 15.1 Å². The molecular weight excluding hydrogens is 538 g/mol. The number of likely N-dealkylation sites (tertiary alicyclic amines) is 2. The monoisotopic (exact) mass is 569 g/mol. The molecule has 0 spiro atoms. The standard InChI is InChI=1S/C30H31F4N5O2/c31-25-7-3-4-8-26(25)36-29(41)37-15-12-21(13-16-37)39-27(19-9-10-19)23(17-35-39)28(40)38-14-11-20(18-38)22-5-1-2-6-24(22)30(32,33)34/h1-8,17,19-21H,9-16,18H2,(H,36,41)/t20-/m0/s1. The summed E-state index contributed by atoms with van der Waals surface area (Å²) in [6.07, 6.45) is 0.819. The molecule has 11 heteroatoms. The Balaban J connectivity index is 1.13. The number of hydrogen-bond donors (Lipinski definition) is 1. The summed E-state index contributed by atoms with van der Waals surface area (Å²) in [5.41, 5.74) is 1.15. The van der Waals surface area contributed by atoms with Crippen LogP contribution in [0.25, 0.3) is 0 Å². The topological polar surface area (TPSA) is 70.5 Å². The molecule has 1 aliphatic carbocycles. The highest BCUT2D eigenvalue weighted by Crippen LogP contribution is 2.44. The van der Waals surface area contributed by atoms with Crippen LogP contribution in [0, 0.1) is 5.82 Å². The van der Waals surface area contributed by atoms with Gasteiger partial charge in [-0.3, -0.25) is 9.48 Å². The molecule has 1 saturated carbocycles. The second-order valence-corrected chi connectivity index (χ2v) is 11.1. The molecule has 3 heterocycles. The lowest BCUT2D eigenvalue weighted by atomic mass is 9.93. The second kappa shape index (κ2) is 10.8. The van der Waals surface area contributed by atoms with Crippen molar-refractivity contribution in [1.29, 1.82) is 0 Å². The molecule has 2 aromatic carbocycles. The van der Waals surface area contributed by atoms with Gasteiger partial charge in [0, 0.05) is 38.0 Å². The number of piperidine rings is 1. The summed E-state index contributed by atoms with van der Waals surface area (Å²) in [4.78, 5) is 29.7. The Morgan fingerprint density at radius 1 is 0.854 bits per heavy atom. The molecule has 0 radical (unpaired) electrons. The van der Waals surface area contributed by atoms with Crippen molar-refractivity contribution in [3.8, 4) is 0 Å². The van der Waals surface area contributed by atoms with E-state index in [9.17, 15) is 27.2 Å². The summed E-state index contributed by atoms with van der Waals surface area (Å²) >= 11 is 0. The third-order valence-electron chi connectivity index (χ3n) is 8.42. The molecule has 0 bridgehead atoms. The average Bonchev–Trinajstić information content (AvgIpc) is 3.51. The minimum atomic E-state index is -4.44. The van der Waals surface area contributed by atoms with Crippen LogP contribution in [0.1, 0.15) is 77.2 Å². The Hall–Kier alpha value is -3.89. The highest BCUT2D eigenvalue weighted by atomic mass is 19.4. The van der Waals surface area contributed by atoms with Gasteiger partial charge in [-0.1, -0.05) is 30.3 Å². The quantitative estimate of drug-likeness (QED) is 0.361. The lowest BCUT2D eigenvalue weighted by molar-refractivity contribution is -0.138. The van der Waals surface area contributed by atoms with Crippen molar-refractivity contribution in [3.05, 3.63) is 82.9 Å². The predicted molar refractivity (Wildman–Crippen MR) is 144 cm³/mol. The van der Waals surface area contributed by atoms with Crippen LogP contribution in [0.4, 0.5) is 28.0 Å². The average molecular weight is 570 g/mol. The first kappa shape index (κ1) is 27.3. The number of carbonyl (C=O) groups excluding carboxylic acids is 2. The third kappa shape index (κ3) is 5.54. The number of alkyl halides is 3. The molecule has 41 heavy (non-hydrogen) atoms. The van der Waals surface area contributed by atoms with Gasteiger partial charge in [-0.15, -0.1) is 0 Å². The van der Waals surface area contributed by atoms with Gasteiger partial charge in [-0.25, -0.2) is 9.18 Å². The summed E-state index contributed by atoms with van der Waals surface area (Å²) in [6, 6.07) is 11.3. The summed E-state index contributed by atoms with van der Waals surface area (Å²) in [5.74, 6) is -0.835. The van der Waals surface area contributed by atoms with Crippen LogP contribution in [-0.2, 0) is 6.18 Å². The van der Waals surface area contributed by atoms with E-state index in [1.807, 2.05) is 4.68 Å². The van der Waals surface area contributed by atoms with E-state index >= 15 is 0 Å². The molecular formula is C30H31F4N5O2. The smallest absolute Gasteiger partial charge is 0.338 e. The number of amides is 3. The molecule has 7 nitrogen and oxygen atoms in total. The summed E-state index contributed by atoms with van der Waals surface area (Å²) in [5, 5.41) is 7.25. The van der Waals surface area contributed by atoms with Crippen LogP contribution in [0.3, 0.4) is 0 Å². The molecule has 6 rings (SSSR count). The first-order chi connectivity index (χ1) is 19.7. The number of rotatable bonds is 5. The second-order valence-electron chi connectivity index (χ2n) is 11.1. The van der Waals surface area contributed by atoms with E-state index in [2.05, 4.69) is 10.4 Å². The zero-order valence-electron chi connectivity index (χ0n) is 22.4. The first-order valence-electron chi connectivity index (χ1n) is 14.0. The van der Waals surface area contributed by atoms with Gasteiger partial charge in [0.2, 0.25) is 0 Å². The zero-order valence-corrected chi connectivity index (χ0v) is 22.4. The molecule has 3 fully saturated rings. The number of nitrogens with zero attached hydrogens (tertiary/aromatic N) is 4. The van der Waals surface area contributed by atoms with Gasteiger partial charge in [0.15, 0.2) is 0 Å². The van der Waals surface area contributed by atoms with Gasteiger partial charge in [0.1, 0.15) is 5.82 Å². The number of carbonyl (C=O) groups is 2. The number of hydrogen-bond acceptors (Lipinski definition) is 3. The van der Waals surface area contributed by atoms with E-state index in [1.54, 1.807) is 34.2 Å². The maximum Gasteiger partial charge on any atom is 0.416 e. The van der Waals surface area contributed by atoms with Gasteiger partial charge in [0.05, 0.1) is 34.7 Å². The third-order valence-corrected chi connectivity index (χ3v) is 8.42. The fraction of sp³-hybridized carbons (Fsp3) is 0.433. The van der Waals surface area contributed by atoms with Crippen LogP contribution in [-0.4, -0.2) is 57.7 Å². The summed E-state index contributed by atoms with van der Waals surface area (Å²) in [7, 11) is 0. The van der Waals surface area contributed by atoms with E-state index in [-0.39, 0.29) is 47.6 Å². The van der Waals surface area contributed by atoms with Gasteiger partial charge >= 0.3 is 12.2 Å². The fourth-order valence-electron chi connectivity index (χ4n) is 6.14. The number of benzene rings is 2. The van der Waals surface area contributed by atoms with Crippen molar-refractivity contribution in [1.82, 2.24) is 19.6 Å². The van der Waals surface area contributed by atoms with Crippen molar-refractivity contribution in [3.63, 3.8) is 0 Å². The Morgan fingerprint density at radius 2 is 1.54 bits per heavy atom. The maximum absolute atomic E-state index is 14.0. The predicted octanol–water partition coefficient (Wildman–Crippen LogP) is 6.42. The Morgan fingerprint density at radius 3 is 2.24 bits per heavy atom. The molecule has 3 amide bonds. The van der Waals surface area contributed by atoms with Crippen LogP contribution in [0.5, 0.6) is 0 Å². The highest BCUT2D eigenvalue weighted by molar-refractivity contribution is 5.95. The zero-order chi connectivity index (χ0) is 28.7. The largest absolute Gasteiger partial charge is 0.416 e. The molecule has 2 saturated heterocycles. The number of anilines is 1. The molecule has 1 atom stereocenters. The van der Waals surface area contributed by atoms with E-state index < -0.39 is 17.6 Å². The number of para-hydroxylation sites is 1. The van der Waals surface area contributed by atoms with Crippen molar-refractivity contribution < 1.29 is 27.2 Å². The van der Waals surface area contributed by atoms with E-state index in [1.165, 1.54) is 24.3 Å². The van der Waals surface area contributed by atoms with Crippen molar-refractivity contribution in [2.75, 3.05) is 31.5 Å². The van der Waals surface area contributed by atoms with Gasteiger partial charge in [0.25, 0.3) is 5.91 Å². The summed E-state index contributed by atoms with van der Waals surface area (Å²) < 4.78 is 56.7. The normalized spacial score (nSPS) is 20.0. The maximum atomic E-state index is 14.0. The minimum absolute atomic E-state index is 0.00894. The van der Waals surface area contributed by atoms with E-state index in [0.717, 1.165) is 24.6 Å². The van der Waals surface area contributed by atoms with E-state index in [4.69, 9.17) is 0 Å². The Labute approximate surface area is 235 Å². The van der Waals surface area contributed by atoms with Crippen molar-refractivity contribution >= 4 is 17.6 Å². The SMILES string of the molecule is O=C(Nc1ccccc1F)N1CCC(n2ncc(C(=O)N3CC[C@H](c4ccccc4C(F)(F)F)C3)c2C2CC2)CC1. The van der Waals surface area contributed by atoms with Crippen molar-refractivity contribution in [2.24, 2.45) is 0 Å². The van der Waals surface area contributed by atoms with Crippen molar-refractivity contribution in [2.45, 2.75) is 56.2 Å². The van der Waals surface area contributed by atoms with Crippen LogP contribution in [0.15, 0.2) is 54.7 Å².